The number of aromatic nitrogens is 3. The third kappa shape index (κ3) is 3.48. The highest BCUT2D eigenvalue weighted by atomic mass is 79.9. The molecule has 2 heterocycles. The SMILES string of the molecule is O=c1c2cc(Cc3ccc(Br)cc3)c3cnccc3c2ncn1C1CCCCC1. The van der Waals surface area contributed by atoms with Gasteiger partial charge in [0.2, 0.25) is 0 Å². The van der Waals surface area contributed by atoms with Crippen LogP contribution in [0.2, 0.25) is 0 Å². The van der Waals surface area contributed by atoms with Crippen LogP contribution in [-0.4, -0.2) is 14.5 Å². The summed E-state index contributed by atoms with van der Waals surface area (Å²) >= 11 is 3.50. The van der Waals surface area contributed by atoms with Crippen LogP contribution in [0.15, 0.2) is 64.4 Å². The predicted molar refractivity (Wildman–Crippen MR) is 120 cm³/mol. The van der Waals surface area contributed by atoms with Crippen LogP contribution in [0.1, 0.15) is 49.3 Å². The third-order valence-electron chi connectivity index (χ3n) is 6.05. The normalized spacial score (nSPS) is 15.2. The van der Waals surface area contributed by atoms with Gasteiger partial charge in [0.05, 0.1) is 17.2 Å². The van der Waals surface area contributed by atoms with E-state index in [1.807, 2.05) is 22.9 Å². The van der Waals surface area contributed by atoms with E-state index in [0.29, 0.717) is 5.39 Å². The first-order chi connectivity index (χ1) is 14.2. The van der Waals surface area contributed by atoms with E-state index in [1.54, 1.807) is 12.5 Å². The van der Waals surface area contributed by atoms with Gasteiger partial charge in [-0.1, -0.05) is 47.3 Å². The second kappa shape index (κ2) is 7.71. The fourth-order valence-corrected chi connectivity index (χ4v) is 4.79. The summed E-state index contributed by atoms with van der Waals surface area (Å²) in [6, 6.07) is 12.6. The largest absolute Gasteiger partial charge is 0.296 e. The van der Waals surface area contributed by atoms with Gasteiger partial charge in [-0.25, -0.2) is 4.98 Å². The summed E-state index contributed by atoms with van der Waals surface area (Å²) in [5, 5.41) is 2.77. The number of halogens is 1. The van der Waals surface area contributed by atoms with E-state index >= 15 is 0 Å². The van der Waals surface area contributed by atoms with Gasteiger partial charge >= 0.3 is 0 Å². The molecule has 0 bridgehead atoms. The molecule has 1 saturated carbocycles. The highest BCUT2D eigenvalue weighted by Gasteiger charge is 2.19. The zero-order chi connectivity index (χ0) is 19.8. The van der Waals surface area contributed by atoms with Gasteiger partial charge in [0.1, 0.15) is 0 Å². The molecule has 1 aliphatic rings. The molecule has 0 spiro atoms. The standard InChI is InChI=1S/C24H22BrN3O/c25-18-8-6-16(7-9-18)12-17-13-21-23(20-10-11-26-14-22(17)20)27-15-28(24(21)29)19-4-2-1-3-5-19/h6-11,13-15,19H,1-5,12H2. The van der Waals surface area contributed by atoms with Crippen molar-refractivity contribution < 1.29 is 0 Å². The molecule has 2 aromatic carbocycles. The molecule has 1 aliphatic carbocycles. The van der Waals surface area contributed by atoms with E-state index in [0.717, 1.165) is 45.6 Å². The first-order valence-corrected chi connectivity index (χ1v) is 11.0. The third-order valence-corrected chi connectivity index (χ3v) is 6.58. The van der Waals surface area contributed by atoms with Crippen molar-refractivity contribution in [2.45, 2.75) is 44.6 Å². The van der Waals surface area contributed by atoms with Crippen LogP contribution >= 0.6 is 15.9 Å². The minimum atomic E-state index is 0.0812. The summed E-state index contributed by atoms with van der Waals surface area (Å²) in [4.78, 5) is 22.5. The molecule has 4 nitrogen and oxygen atoms in total. The number of nitrogens with zero attached hydrogens (tertiary/aromatic N) is 3. The van der Waals surface area contributed by atoms with Crippen molar-refractivity contribution >= 4 is 37.6 Å². The smallest absolute Gasteiger partial charge is 0.261 e. The van der Waals surface area contributed by atoms with E-state index in [9.17, 15) is 4.79 Å². The molecule has 0 unspecified atom stereocenters. The quantitative estimate of drug-likeness (QED) is 0.372. The second-order valence-electron chi connectivity index (χ2n) is 7.91. The molecular formula is C24H22BrN3O. The molecule has 29 heavy (non-hydrogen) atoms. The van der Waals surface area contributed by atoms with Gasteiger partial charge in [-0.15, -0.1) is 0 Å². The maximum Gasteiger partial charge on any atom is 0.261 e. The topological polar surface area (TPSA) is 47.8 Å². The van der Waals surface area contributed by atoms with Crippen LogP contribution in [-0.2, 0) is 6.42 Å². The molecule has 0 radical (unpaired) electrons. The van der Waals surface area contributed by atoms with E-state index < -0.39 is 0 Å². The average molecular weight is 448 g/mol. The zero-order valence-corrected chi connectivity index (χ0v) is 17.7. The zero-order valence-electron chi connectivity index (χ0n) is 16.1. The van der Waals surface area contributed by atoms with Crippen molar-refractivity contribution in [3.63, 3.8) is 0 Å². The predicted octanol–water partition coefficient (Wildman–Crippen LogP) is 5.80. The summed E-state index contributed by atoms with van der Waals surface area (Å²) in [5.41, 5.74) is 3.18. The summed E-state index contributed by atoms with van der Waals surface area (Å²) in [7, 11) is 0. The number of hydrogen-bond acceptors (Lipinski definition) is 3. The Morgan fingerprint density at radius 3 is 2.59 bits per heavy atom. The lowest BCUT2D eigenvalue weighted by atomic mass is 9.94. The number of rotatable bonds is 3. The van der Waals surface area contributed by atoms with E-state index in [2.05, 4.69) is 45.2 Å². The maximum atomic E-state index is 13.4. The molecule has 5 rings (SSSR count). The van der Waals surface area contributed by atoms with Crippen LogP contribution in [0.5, 0.6) is 0 Å². The van der Waals surface area contributed by atoms with Crippen molar-refractivity contribution in [2.75, 3.05) is 0 Å². The van der Waals surface area contributed by atoms with Gasteiger partial charge in [-0.05, 0) is 54.7 Å². The Labute approximate surface area is 177 Å². The lowest BCUT2D eigenvalue weighted by Gasteiger charge is -2.24. The van der Waals surface area contributed by atoms with Crippen molar-refractivity contribution in [3.05, 3.63) is 81.1 Å². The first-order valence-electron chi connectivity index (χ1n) is 10.2. The first kappa shape index (κ1) is 18.5. The molecule has 0 atom stereocenters. The van der Waals surface area contributed by atoms with Crippen LogP contribution in [0, 0.1) is 0 Å². The molecule has 1 fully saturated rings. The Morgan fingerprint density at radius 2 is 1.79 bits per heavy atom. The van der Waals surface area contributed by atoms with Crippen LogP contribution in [0.3, 0.4) is 0 Å². The lowest BCUT2D eigenvalue weighted by molar-refractivity contribution is 0.345. The van der Waals surface area contributed by atoms with Crippen molar-refractivity contribution in [2.24, 2.45) is 0 Å². The fraction of sp³-hybridized carbons (Fsp3) is 0.292. The Hall–Kier alpha value is -2.53. The average Bonchev–Trinajstić information content (AvgIpc) is 2.77. The van der Waals surface area contributed by atoms with Crippen LogP contribution in [0.4, 0.5) is 0 Å². The molecule has 0 aliphatic heterocycles. The number of benzene rings is 2. The molecular weight excluding hydrogens is 426 g/mol. The summed E-state index contributed by atoms with van der Waals surface area (Å²) in [6.45, 7) is 0. The highest BCUT2D eigenvalue weighted by Crippen LogP contribution is 2.30. The second-order valence-corrected chi connectivity index (χ2v) is 8.82. The Balaban J connectivity index is 1.69. The monoisotopic (exact) mass is 447 g/mol. The van der Waals surface area contributed by atoms with Crippen molar-refractivity contribution in [3.8, 4) is 0 Å². The van der Waals surface area contributed by atoms with E-state index in [4.69, 9.17) is 4.98 Å². The van der Waals surface area contributed by atoms with Gasteiger partial charge in [0.25, 0.3) is 5.56 Å². The minimum absolute atomic E-state index is 0.0812. The van der Waals surface area contributed by atoms with Crippen LogP contribution in [0.25, 0.3) is 21.7 Å². The molecule has 0 amide bonds. The van der Waals surface area contributed by atoms with Gasteiger partial charge in [-0.2, -0.15) is 0 Å². The van der Waals surface area contributed by atoms with E-state index in [-0.39, 0.29) is 11.6 Å². The number of fused-ring (bicyclic) bond motifs is 3. The number of hydrogen-bond donors (Lipinski definition) is 0. The summed E-state index contributed by atoms with van der Waals surface area (Å²) in [5.74, 6) is 0. The van der Waals surface area contributed by atoms with Gasteiger partial charge in [0, 0.05) is 33.7 Å². The summed E-state index contributed by atoms with van der Waals surface area (Å²) < 4.78 is 2.93. The Bertz CT molecular complexity index is 1240. The van der Waals surface area contributed by atoms with Crippen molar-refractivity contribution in [1.82, 2.24) is 14.5 Å². The molecule has 0 N–H and O–H groups in total. The molecule has 146 valence electrons. The summed E-state index contributed by atoms with van der Waals surface area (Å²) in [6.07, 6.45) is 11.9. The maximum absolute atomic E-state index is 13.4. The van der Waals surface area contributed by atoms with Crippen molar-refractivity contribution in [1.29, 1.82) is 0 Å². The number of pyridine rings is 1. The molecule has 5 heteroatoms. The highest BCUT2D eigenvalue weighted by molar-refractivity contribution is 9.10. The molecule has 4 aromatic rings. The van der Waals surface area contributed by atoms with Crippen LogP contribution < -0.4 is 5.56 Å². The van der Waals surface area contributed by atoms with Gasteiger partial charge in [0.15, 0.2) is 0 Å². The van der Waals surface area contributed by atoms with Gasteiger partial charge < -0.3 is 0 Å². The minimum Gasteiger partial charge on any atom is -0.296 e. The van der Waals surface area contributed by atoms with Gasteiger partial charge in [-0.3, -0.25) is 14.3 Å². The molecule has 0 saturated heterocycles. The lowest BCUT2D eigenvalue weighted by Crippen LogP contribution is -2.26. The fourth-order valence-electron chi connectivity index (χ4n) is 4.52. The Kier molecular flexibility index (Phi) is 4.92. The van der Waals surface area contributed by atoms with E-state index in [1.165, 1.54) is 24.8 Å². The molecule has 2 aromatic heterocycles. The Morgan fingerprint density at radius 1 is 1.00 bits per heavy atom.